The molecule has 5 nitrogen and oxygen atoms in total. The third kappa shape index (κ3) is 5.92. The maximum Gasteiger partial charge on any atom is 0.204 e. The molecule has 1 aliphatic rings. The number of hydrogen-bond acceptors (Lipinski definition) is 5. The van der Waals surface area contributed by atoms with Gasteiger partial charge in [-0.3, -0.25) is 0 Å². The van der Waals surface area contributed by atoms with Crippen molar-refractivity contribution in [3.05, 3.63) is 195 Å². The van der Waals surface area contributed by atoms with E-state index in [1.165, 1.54) is 22.3 Å². The van der Waals surface area contributed by atoms with Crippen molar-refractivity contribution in [3.8, 4) is 56.8 Å². The zero-order valence-corrected chi connectivity index (χ0v) is 30.5. The molecular weight excluding hydrogens is 691 g/mol. The van der Waals surface area contributed by atoms with Gasteiger partial charge in [0.05, 0.1) is 0 Å². The quantitative estimate of drug-likeness (QED) is 0.0809. The van der Waals surface area contributed by atoms with Gasteiger partial charge in [0.15, 0.2) is 11.5 Å². The monoisotopic (exact) mass is 726 g/mol. The average Bonchev–Trinajstić information content (AvgIpc) is 3.23. The molecule has 0 spiro atoms. The van der Waals surface area contributed by atoms with E-state index in [1.54, 1.807) is 12.1 Å². The summed E-state index contributed by atoms with van der Waals surface area (Å²) in [5.41, 5.74) is 10.4. The van der Waals surface area contributed by atoms with E-state index >= 15 is 0 Å². The zero-order chi connectivity index (χ0) is 38.5. The second kappa shape index (κ2) is 13.9. The Bertz CT molecular complexity index is 2960. The summed E-state index contributed by atoms with van der Waals surface area (Å²) in [6, 6.07) is 52.0. The van der Waals surface area contributed by atoms with Crippen LogP contribution in [-0.4, -0.2) is 28.3 Å². The molecule has 0 aromatic heterocycles. The largest absolute Gasteiger partial charge is 0.505 e. The molecule has 8 aromatic rings. The van der Waals surface area contributed by atoms with E-state index in [4.69, 9.17) is 12.6 Å². The van der Waals surface area contributed by atoms with E-state index in [2.05, 4.69) is 122 Å². The highest BCUT2D eigenvalue weighted by Crippen LogP contribution is 2.47. The Balaban J connectivity index is 1.18. The molecule has 9 rings (SSSR count). The highest BCUT2D eigenvalue weighted by Gasteiger charge is 2.24. The molecule has 1 heterocycles. The minimum Gasteiger partial charge on any atom is -0.505 e. The predicted molar refractivity (Wildman–Crippen MR) is 225 cm³/mol. The van der Waals surface area contributed by atoms with E-state index in [1.807, 2.05) is 30.3 Å². The van der Waals surface area contributed by atoms with Crippen LogP contribution < -0.4 is 20.6 Å². The summed E-state index contributed by atoms with van der Waals surface area (Å²) < 4.78 is 6.60. The van der Waals surface area contributed by atoms with E-state index in [0.717, 1.165) is 54.8 Å². The topological polar surface area (TPSA) is 90.2 Å². The number of aryl methyl sites for hydroxylation is 1. The van der Waals surface area contributed by atoms with Crippen molar-refractivity contribution in [3.63, 3.8) is 0 Å². The number of phenols is 4. The molecule has 56 heavy (non-hydrogen) atoms. The summed E-state index contributed by atoms with van der Waals surface area (Å²) in [7, 11) is 6.07. The van der Waals surface area contributed by atoms with Gasteiger partial charge in [0.1, 0.15) is 19.3 Å². The highest BCUT2D eigenvalue weighted by molar-refractivity contribution is 6.39. The standard InChI is InChI=1S/C50H35BO5/c1-29-12-5-7-17-37(29)45(40-20-10-9-18-38(40)30-13-3-2-4-14-30)39-19-8-6-15-32(39)25-33-16-11-21-42-41(33)27-36-24-31-22-23-34(26-35(31)28-43(36)56-42)44-46(51)48(53)50(55)49(54)47(44)52/h2-26,28,52-55H,27H2,1H3/b32-25+,45-39+. The molecule has 2 radical (unpaired) electrons. The first-order chi connectivity index (χ1) is 27.3. The minimum atomic E-state index is -0.871. The lowest BCUT2D eigenvalue weighted by atomic mass is 9.84. The Labute approximate surface area is 325 Å². The van der Waals surface area contributed by atoms with Crippen LogP contribution in [0.15, 0.2) is 152 Å². The van der Waals surface area contributed by atoms with Crippen molar-refractivity contribution in [1.82, 2.24) is 0 Å². The number of benzene rings is 8. The van der Waals surface area contributed by atoms with Gasteiger partial charge < -0.3 is 25.2 Å². The summed E-state index contributed by atoms with van der Waals surface area (Å²) in [5, 5.41) is 45.0. The summed E-state index contributed by atoms with van der Waals surface area (Å²) in [6.07, 6.45) is 2.91. The zero-order valence-electron chi connectivity index (χ0n) is 30.5. The Morgan fingerprint density at radius 3 is 2.12 bits per heavy atom. The van der Waals surface area contributed by atoms with Gasteiger partial charge in [-0.2, -0.15) is 0 Å². The normalized spacial score (nSPS) is 12.8. The third-order valence-electron chi connectivity index (χ3n) is 10.7. The molecule has 0 amide bonds. The lowest BCUT2D eigenvalue weighted by Gasteiger charge is -2.23. The van der Waals surface area contributed by atoms with Crippen LogP contribution in [0.3, 0.4) is 0 Å². The van der Waals surface area contributed by atoms with E-state index in [0.29, 0.717) is 17.7 Å². The van der Waals surface area contributed by atoms with Crippen molar-refractivity contribution < 1.29 is 25.2 Å². The van der Waals surface area contributed by atoms with E-state index in [9.17, 15) is 20.4 Å². The fourth-order valence-electron chi connectivity index (χ4n) is 7.91. The molecule has 268 valence electrons. The van der Waals surface area contributed by atoms with Crippen molar-refractivity contribution >= 4 is 35.7 Å². The summed E-state index contributed by atoms with van der Waals surface area (Å²) >= 11 is 0. The smallest absolute Gasteiger partial charge is 0.204 e. The Hall–Kier alpha value is -7.18. The number of phenolic OH excluding ortho intramolecular Hbond substituents is 4. The maximum atomic E-state index is 10.6. The van der Waals surface area contributed by atoms with Gasteiger partial charge >= 0.3 is 0 Å². The second-order valence-electron chi connectivity index (χ2n) is 14.1. The van der Waals surface area contributed by atoms with Crippen molar-refractivity contribution in [2.75, 3.05) is 0 Å². The molecular formula is C50H35BO5. The van der Waals surface area contributed by atoms with Crippen LogP contribution in [-0.2, 0) is 6.42 Å². The molecule has 1 aliphatic heterocycles. The van der Waals surface area contributed by atoms with E-state index in [-0.39, 0.29) is 11.0 Å². The first-order valence-corrected chi connectivity index (χ1v) is 18.4. The fourth-order valence-corrected chi connectivity index (χ4v) is 7.91. The summed E-state index contributed by atoms with van der Waals surface area (Å²) in [6.45, 7) is 2.17. The lowest BCUT2D eigenvalue weighted by molar-refractivity contribution is 0.348. The van der Waals surface area contributed by atoms with Crippen molar-refractivity contribution in [1.29, 1.82) is 0 Å². The van der Waals surface area contributed by atoms with Gasteiger partial charge in [-0.15, -0.1) is 0 Å². The van der Waals surface area contributed by atoms with Gasteiger partial charge in [-0.1, -0.05) is 127 Å². The van der Waals surface area contributed by atoms with Crippen LogP contribution in [0.1, 0.15) is 33.4 Å². The summed E-state index contributed by atoms with van der Waals surface area (Å²) in [5.74, 6) is -1.54. The second-order valence-corrected chi connectivity index (χ2v) is 14.1. The van der Waals surface area contributed by atoms with Gasteiger partial charge in [0.2, 0.25) is 11.5 Å². The third-order valence-corrected chi connectivity index (χ3v) is 10.7. The first-order valence-electron chi connectivity index (χ1n) is 18.4. The van der Waals surface area contributed by atoms with Gasteiger partial charge in [-0.05, 0) is 114 Å². The van der Waals surface area contributed by atoms with Crippen LogP contribution in [0, 0.1) is 6.92 Å². The van der Waals surface area contributed by atoms with Crippen molar-refractivity contribution in [2.24, 2.45) is 0 Å². The molecule has 0 saturated heterocycles. The average molecular weight is 727 g/mol. The van der Waals surface area contributed by atoms with Crippen LogP contribution in [0.4, 0.5) is 0 Å². The Kier molecular flexibility index (Phi) is 8.59. The number of fused-ring (bicyclic) bond motifs is 3. The number of rotatable bonds is 5. The maximum absolute atomic E-state index is 10.6. The van der Waals surface area contributed by atoms with Crippen LogP contribution in [0.25, 0.3) is 44.7 Å². The van der Waals surface area contributed by atoms with Gasteiger partial charge in [0, 0.05) is 17.5 Å². The first kappa shape index (κ1) is 34.6. The van der Waals surface area contributed by atoms with Gasteiger partial charge in [0.25, 0.3) is 0 Å². The van der Waals surface area contributed by atoms with Crippen molar-refractivity contribution in [2.45, 2.75) is 13.3 Å². The Morgan fingerprint density at radius 1 is 0.589 bits per heavy atom. The Morgan fingerprint density at radius 2 is 1.30 bits per heavy atom. The highest BCUT2D eigenvalue weighted by atomic mass is 16.5. The number of hydrogen-bond donors (Lipinski definition) is 4. The fraction of sp³-hybridized carbons (Fsp3) is 0.0400. The molecule has 0 unspecified atom stereocenters. The molecule has 0 aliphatic carbocycles. The minimum absolute atomic E-state index is 0.0236. The molecule has 0 saturated carbocycles. The molecule has 6 heteroatoms. The molecule has 0 bridgehead atoms. The number of ether oxygens (including phenoxy) is 1. The summed E-state index contributed by atoms with van der Waals surface area (Å²) in [4.78, 5) is 0. The molecule has 0 atom stereocenters. The van der Waals surface area contributed by atoms with Crippen LogP contribution >= 0.6 is 0 Å². The lowest BCUT2D eigenvalue weighted by Crippen LogP contribution is -2.28. The number of aromatic hydroxyl groups is 4. The van der Waals surface area contributed by atoms with Crippen LogP contribution in [0.2, 0.25) is 0 Å². The van der Waals surface area contributed by atoms with Gasteiger partial charge in [-0.25, -0.2) is 0 Å². The van der Waals surface area contributed by atoms with Crippen LogP contribution in [0.5, 0.6) is 34.5 Å². The molecule has 0 fully saturated rings. The predicted octanol–water partition coefficient (Wildman–Crippen LogP) is 8.87. The SMILES string of the molecule is [B]c1c(O)c(O)c(O)c(O)c1-c1ccc2cc3c(cc2c1)Oc1cccc(/C=c2\cccc\c2=C(\c2ccccc2C)c2ccccc2-c2ccccc2)c1C3. The molecule has 4 N–H and O–H groups in total. The molecule has 8 aromatic carbocycles. The van der Waals surface area contributed by atoms with E-state index < -0.39 is 23.0 Å².